The highest BCUT2D eigenvalue weighted by molar-refractivity contribution is 8.00. The van der Waals surface area contributed by atoms with Gasteiger partial charge in [-0.1, -0.05) is 17.7 Å². The molecule has 7 heteroatoms. The first-order valence-electron chi connectivity index (χ1n) is 8.61. The van der Waals surface area contributed by atoms with Crippen molar-refractivity contribution < 1.29 is 19.1 Å². The van der Waals surface area contributed by atoms with Crippen LogP contribution in [0, 0.1) is 6.92 Å². The van der Waals surface area contributed by atoms with Gasteiger partial charge in [0, 0.05) is 17.8 Å². The van der Waals surface area contributed by atoms with Gasteiger partial charge in [-0.05, 0) is 46.8 Å². The summed E-state index contributed by atoms with van der Waals surface area (Å²) >= 11 is 1.15. The monoisotopic (exact) mass is 380 g/mol. The molecular weight excluding hydrogens is 352 g/mol. The second kappa shape index (κ2) is 10.9. The number of thioether (sulfide) groups is 1. The van der Waals surface area contributed by atoms with Crippen LogP contribution in [0.4, 0.5) is 5.69 Å². The summed E-state index contributed by atoms with van der Waals surface area (Å²) in [4.78, 5) is 37.4. The molecule has 1 aromatic rings. The zero-order valence-electron chi connectivity index (χ0n) is 16.1. The molecule has 1 N–H and O–H groups in total. The van der Waals surface area contributed by atoms with E-state index in [1.165, 1.54) is 0 Å². The summed E-state index contributed by atoms with van der Waals surface area (Å²) < 4.78 is 5.02. The normalized spacial score (nSPS) is 10.7. The standard InChI is InChI=1S/C19H28N2O4S/c1-13(2)21(14(3)4)18(23)10-25-19(24)12-26-11-17(22)20-16-8-6-15(5)7-9-16/h6-9,13-14H,10-12H2,1-5H3,(H,20,22). The predicted molar refractivity (Wildman–Crippen MR) is 105 cm³/mol. The average Bonchev–Trinajstić information content (AvgIpc) is 2.54. The van der Waals surface area contributed by atoms with E-state index < -0.39 is 5.97 Å². The van der Waals surface area contributed by atoms with Crippen LogP contribution in [0.25, 0.3) is 0 Å². The topological polar surface area (TPSA) is 75.7 Å². The van der Waals surface area contributed by atoms with Crippen molar-refractivity contribution in [3.63, 3.8) is 0 Å². The minimum absolute atomic E-state index is 0.0257. The highest BCUT2D eigenvalue weighted by atomic mass is 32.2. The van der Waals surface area contributed by atoms with Crippen LogP contribution in [-0.2, 0) is 19.1 Å². The fraction of sp³-hybridized carbons (Fsp3) is 0.526. The molecule has 0 unspecified atom stereocenters. The Hall–Kier alpha value is -2.02. The lowest BCUT2D eigenvalue weighted by Crippen LogP contribution is -2.44. The van der Waals surface area contributed by atoms with Gasteiger partial charge in [0.25, 0.3) is 5.91 Å². The molecule has 0 aliphatic rings. The van der Waals surface area contributed by atoms with Gasteiger partial charge in [-0.2, -0.15) is 0 Å². The molecule has 144 valence electrons. The van der Waals surface area contributed by atoms with Crippen molar-refractivity contribution in [2.24, 2.45) is 0 Å². The molecule has 0 atom stereocenters. The molecule has 0 aromatic heterocycles. The van der Waals surface area contributed by atoms with Crippen molar-refractivity contribution in [3.05, 3.63) is 29.8 Å². The molecule has 0 saturated heterocycles. The van der Waals surface area contributed by atoms with Gasteiger partial charge >= 0.3 is 5.97 Å². The zero-order chi connectivity index (χ0) is 19.7. The Morgan fingerprint density at radius 3 is 2.15 bits per heavy atom. The van der Waals surface area contributed by atoms with Crippen molar-refractivity contribution in [2.45, 2.75) is 46.7 Å². The SMILES string of the molecule is Cc1ccc(NC(=O)CSCC(=O)OCC(=O)N(C(C)C)C(C)C)cc1. The molecule has 2 amide bonds. The minimum atomic E-state index is -0.501. The number of esters is 1. The molecule has 0 radical (unpaired) electrons. The van der Waals surface area contributed by atoms with E-state index in [1.807, 2.05) is 58.9 Å². The van der Waals surface area contributed by atoms with E-state index in [1.54, 1.807) is 4.90 Å². The summed E-state index contributed by atoms with van der Waals surface area (Å²) in [5, 5.41) is 2.76. The van der Waals surface area contributed by atoms with Gasteiger partial charge < -0.3 is 15.0 Å². The van der Waals surface area contributed by atoms with Crippen molar-refractivity contribution in [1.82, 2.24) is 4.90 Å². The average molecular weight is 381 g/mol. The number of carbonyl (C=O) groups is 3. The highest BCUT2D eigenvalue weighted by Gasteiger charge is 2.21. The lowest BCUT2D eigenvalue weighted by atomic mass is 10.2. The Bertz CT molecular complexity index is 606. The number of hydrogen-bond donors (Lipinski definition) is 1. The van der Waals surface area contributed by atoms with Crippen LogP contribution in [0.1, 0.15) is 33.3 Å². The number of anilines is 1. The minimum Gasteiger partial charge on any atom is -0.455 e. The number of nitrogens with one attached hydrogen (secondary N) is 1. The lowest BCUT2D eigenvalue weighted by Gasteiger charge is -2.30. The molecule has 1 aromatic carbocycles. The van der Waals surface area contributed by atoms with E-state index in [9.17, 15) is 14.4 Å². The summed E-state index contributed by atoms with van der Waals surface area (Å²) in [6.07, 6.45) is 0. The highest BCUT2D eigenvalue weighted by Crippen LogP contribution is 2.10. The van der Waals surface area contributed by atoms with Gasteiger partial charge in [0.05, 0.1) is 11.5 Å². The first-order chi connectivity index (χ1) is 12.2. The summed E-state index contributed by atoms with van der Waals surface area (Å²) in [6.45, 7) is 9.37. The van der Waals surface area contributed by atoms with E-state index in [4.69, 9.17) is 4.74 Å². The van der Waals surface area contributed by atoms with Crippen molar-refractivity contribution in [3.8, 4) is 0 Å². The maximum atomic E-state index is 12.1. The maximum Gasteiger partial charge on any atom is 0.316 e. The molecule has 0 heterocycles. The van der Waals surface area contributed by atoms with Crippen LogP contribution in [0.3, 0.4) is 0 Å². The number of rotatable bonds is 9. The van der Waals surface area contributed by atoms with E-state index >= 15 is 0 Å². The number of nitrogens with zero attached hydrogens (tertiary/aromatic N) is 1. The molecule has 1 rings (SSSR count). The van der Waals surface area contributed by atoms with E-state index in [-0.39, 0.29) is 42.0 Å². The molecule has 6 nitrogen and oxygen atoms in total. The fourth-order valence-corrected chi connectivity index (χ4v) is 3.10. The Labute approximate surface area is 159 Å². The molecule has 26 heavy (non-hydrogen) atoms. The second-order valence-corrected chi connectivity index (χ2v) is 7.54. The lowest BCUT2D eigenvalue weighted by molar-refractivity contribution is -0.151. The number of amides is 2. The van der Waals surface area contributed by atoms with E-state index in [0.717, 1.165) is 23.0 Å². The Morgan fingerprint density at radius 1 is 1.04 bits per heavy atom. The van der Waals surface area contributed by atoms with Crippen LogP contribution in [0.5, 0.6) is 0 Å². The third-order valence-corrected chi connectivity index (χ3v) is 4.45. The van der Waals surface area contributed by atoms with Crippen LogP contribution in [-0.4, -0.2) is 52.9 Å². The number of hydrogen-bond acceptors (Lipinski definition) is 5. The van der Waals surface area contributed by atoms with Crippen LogP contribution < -0.4 is 5.32 Å². The predicted octanol–water partition coefficient (Wildman–Crippen LogP) is 2.86. The second-order valence-electron chi connectivity index (χ2n) is 6.56. The molecule has 0 bridgehead atoms. The Balaban J connectivity index is 2.28. The quantitative estimate of drug-likeness (QED) is 0.667. The van der Waals surface area contributed by atoms with Gasteiger partial charge in [0.15, 0.2) is 6.61 Å². The Kier molecular flexibility index (Phi) is 9.19. The molecule has 0 fully saturated rings. The third kappa shape index (κ3) is 7.91. The molecule has 0 aliphatic heterocycles. The van der Waals surface area contributed by atoms with E-state index in [2.05, 4.69) is 5.32 Å². The number of aryl methyl sites for hydroxylation is 1. The van der Waals surface area contributed by atoms with E-state index in [0.29, 0.717) is 0 Å². The molecule has 0 spiro atoms. The third-order valence-electron chi connectivity index (χ3n) is 3.55. The summed E-state index contributed by atoms with van der Waals surface area (Å²) in [5.41, 5.74) is 1.83. The first-order valence-corrected chi connectivity index (χ1v) is 9.77. The van der Waals surface area contributed by atoms with Gasteiger partial charge in [0.1, 0.15) is 0 Å². The summed E-state index contributed by atoms with van der Waals surface area (Å²) in [6, 6.07) is 7.56. The number of carbonyl (C=O) groups excluding carboxylic acids is 3. The fourth-order valence-electron chi connectivity index (χ4n) is 2.49. The first kappa shape index (κ1) is 22.0. The van der Waals surface area contributed by atoms with Crippen molar-refractivity contribution in [2.75, 3.05) is 23.4 Å². The van der Waals surface area contributed by atoms with Gasteiger partial charge in [-0.15, -0.1) is 11.8 Å². The van der Waals surface area contributed by atoms with Crippen LogP contribution in [0.15, 0.2) is 24.3 Å². The number of ether oxygens (including phenoxy) is 1. The largest absolute Gasteiger partial charge is 0.455 e. The van der Waals surface area contributed by atoms with Gasteiger partial charge in [-0.25, -0.2) is 0 Å². The smallest absolute Gasteiger partial charge is 0.316 e. The molecule has 0 aliphatic carbocycles. The summed E-state index contributed by atoms with van der Waals surface area (Å²) in [5.74, 6) is -0.739. The van der Waals surface area contributed by atoms with Crippen molar-refractivity contribution in [1.29, 1.82) is 0 Å². The zero-order valence-corrected chi connectivity index (χ0v) is 16.9. The number of benzene rings is 1. The van der Waals surface area contributed by atoms with Gasteiger partial charge in [-0.3, -0.25) is 14.4 Å². The Morgan fingerprint density at radius 2 is 1.62 bits per heavy atom. The molecular formula is C19H28N2O4S. The summed E-state index contributed by atoms with van der Waals surface area (Å²) in [7, 11) is 0. The van der Waals surface area contributed by atoms with Crippen LogP contribution >= 0.6 is 11.8 Å². The van der Waals surface area contributed by atoms with Crippen molar-refractivity contribution >= 4 is 35.2 Å². The maximum absolute atomic E-state index is 12.1. The van der Waals surface area contributed by atoms with Gasteiger partial charge in [0.2, 0.25) is 5.91 Å². The van der Waals surface area contributed by atoms with Crippen LogP contribution in [0.2, 0.25) is 0 Å². The molecule has 0 saturated carbocycles.